The van der Waals surface area contributed by atoms with Crippen LogP contribution in [-0.4, -0.2) is 113 Å². The van der Waals surface area contributed by atoms with E-state index in [0.717, 1.165) is 34.8 Å². The lowest BCUT2D eigenvalue weighted by atomic mass is 10.2. The lowest BCUT2D eigenvalue weighted by Crippen LogP contribution is -2.22. The Kier molecular flexibility index (Phi) is 18.4. The third kappa shape index (κ3) is 14.4. The first-order valence-corrected chi connectivity index (χ1v) is 30.6. The number of nitrogens with one attached hydrogen (secondary N) is 2. The second-order valence-corrected chi connectivity index (χ2v) is 23.2. The number of ether oxygens (including phenoxy) is 2. The summed E-state index contributed by atoms with van der Waals surface area (Å²) in [6.07, 6.45) is 0. The SMILES string of the molecule is CCN(CC)c1cc(Nc2nc(Nc3cc(N(CC)CC)c(OC)cc3N=Nc3nc(-c4cccc(S(=O)(=O)O)c4)ns3)nc(SCc3cccc(S(=O)(=O)O)c3)n2)c(N=Nc2nc(-c3cccc(S(=O)(=O)O)c3)ns2)cc1OC. The number of anilines is 6. The van der Waals surface area contributed by atoms with E-state index < -0.39 is 30.4 Å². The third-order valence-corrected chi connectivity index (χ3v) is 16.2. The first kappa shape index (κ1) is 58.5. The Morgan fingerprint density at radius 1 is 0.537 bits per heavy atom. The number of hydrogen-bond acceptors (Lipinski definition) is 26. The molecule has 0 unspecified atom stereocenters. The molecule has 8 aromatic rings. The summed E-state index contributed by atoms with van der Waals surface area (Å²) in [7, 11) is -10.5. The minimum Gasteiger partial charge on any atom is -0.494 e. The highest BCUT2D eigenvalue weighted by Crippen LogP contribution is 2.43. The summed E-state index contributed by atoms with van der Waals surface area (Å²) in [4.78, 5) is 26.4. The molecule has 0 spiro atoms. The smallest absolute Gasteiger partial charge is 0.294 e. The van der Waals surface area contributed by atoms with E-state index in [4.69, 9.17) is 24.4 Å². The van der Waals surface area contributed by atoms with Crippen LogP contribution in [-0.2, 0) is 36.1 Å². The summed E-state index contributed by atoms with van der Waals surface area (Å²) in [5.41, 5.74) is 3.69. The van der Waals surface area contributed by atoms with E-state index >= 15 is 0 Å². The van der Waals surface area contributed by atoms with Crippen molar-refractivity contribution in [1.29, 1.82) is 0 Å². The highest BCUT2D eigenvalue weighted by molar-refractivity contribution is 7.98. The normalized spacial score (nSPS) is 12.1. The average molecular weight is 1200 g/mol. The van der Waals surface area contributed by atoms with E-state index in [9.17, 15) is 38.9 Å². The number of rotatable bonds is 24. The molecule has 26 nitrogen and oxygen atoms in total. The molecule has 418 valence electrons. The van der Waals surface area contributed by atoms with Crippen molar-refractivity contribution in [2.24, 2.45) is 20.5 Å². The molecule has 0 fully saturated rings. The number of azo groups is 2. The van der Waals surface area contributed by atoms with Crippen LogP contribution < -0.4 is 29.9 Å². The molecule has 0 saturated carbocycles. The molecule has 5 N–H and O–H groups in total. The molecule has 0 aliphatic heterocycles. The maximum Gasteiger partial charge on any atom is 0.294 e. The van der Waals surface area contributed by atoms with Crippen LogP contribution in [0.25, 0.3) is 22.8 Å². The van der Waals surface area contributed by atoms with Gasteiger partial charge in [0.1, 0.15) is 22.9 Å². The summed E-state index contributed by atoms with van der Waals surface area (Å²) in [6.45, 7) is 10.3. The summed E-state index contributed by atoms with van der Waals surface area (Å²) >= 11 is 2.92. The van der Waals surface area contributed by atoms with Crippen molar-refractivity contribution in [3.05, 3.63) is 103 Å². The van der Waals surface area contributed by atoms with Crippen molar-refractivity contribution in [2.45, 2.75) is 53.3 Å². The second kappa shape index (κ2) is 25.2. The van der Waals surface area contributed by atoms with E-state index in [1.807, 2.05) is 27.7 Å². The van der Waals surface area contributed by atoms with Gasteiger partial charge in [-0.3, -0.25) is 13.7 Å². The van der Waals surface area contributed by atoms with Crippen LogP contribution in [0.4, 0.5) is 56.3 Å². The number of benzene rings is 5. The molecule has 0 bridgehead atoms. The van der Waals surface area contributed by atoms with Crippen molar-refractivity contribution in [3.8, 4) is 34.3 Å². The Morgan fingerprint density at radius 2 is 0.950 bits per heavy atom. The van der Waals surface area contributed by atoms with Gasteiger partial charge in [0, 0.05) is 78.3 Å². The minimum atomic E-state index is -4.52. The van der Waals surface area contributed by atoms with Crippen LogP contribution in [0, 0.1) is 0 Å². The molecule has 0 aliphatic carbocycles. The molecule has 32 heteroatoms. The predicted octanol–water partition coefficient (Wildman–Crippen LogP) is 11.0. The Balaban J connectivity index is 1.22. The van der Waals surface area contributed by atoms with Crippen molar-refractivity contribution < 1.29 is 48.4 Å². The van der Waals surface area contributed by atoms with Gasteiger partial charge in [-0.05, 0) is 81.8 Å². The van der Waals surface area contributed by atoms with Crippen LogP contribution >= 0.6 is 34.8 Å². The summed E-state index contributed by atoms with van der Waals surface area (Å²) in [5, 5.41) is 24.8. The summed E-state index contributed by atoms with van der Waals surface area (Å²) < 4.78 is 121. The zero-order valence-electron chi connectivity index (χ0n) is 43.1. The van der Waals surface area contributed by atoms with Gasteiger partial charge in [-0.15, -0.1) is 20.5 Å². The predicted molar refractivity (Wildman–Crippen MR) is 304 cm³/mol. The molecular formula is C48H49N15O11S6. The maximum absolute atomic E-state index is 12.1. The summed E-state index contributed by atoms with van der Waals surface area (Å²) in [6, 6.07) is 23.7. The van der Waals surface area contributed by atoms with Gasteiger partial charge in [-0.1, -0.05) is 48.2 Å². The molecule has 0 aliphatic rings. The van der Waals surface area contributed by atoms with Crippen molar-refractivity contribution in [3.63, 3.8) is 0 Å². The van der Waals surface area contributed by atoms with E-state index in [2.05, 4.69) is 59.6 Å². The van der Waals surface area contributed by atoms with Crippen LogP contribution in [0.5, 0.6) is 11.5 Å². The van der Waals surface area contributed by atoms with Gasteiger partial charge < -0.3 is 29.9 Å². The van der Waals surface area contributed by atoms with Gasteiger partial charge in [0.25, 0.3) is 30.4 Å². The quantitative estimate of drug-likeness (QED) is 0.0213. The number of thioether (sulfide) groups is 1. The molecule has 0 radical (unpaired) electrons. The van der Waals surface area contributed by atoms with Gasteiger partial charge in [-0.25, -0.2) is 0 Å². The Bertz CT molecular complexity index is 3760. The fraction of sp³-hybridized carbons (Fsp3) is 0.229. The minimum absolute atomic E-state index is 0.000769. The first-order valence-electron chi connectivity index (χ1n) is 23.8. The molecule has 5 aromatic carbocycles. The number of aromatic nitrogens is 7. The zero-order valence-corrected chi connectivity index (χ0v) is 48.0. The van der Waals surface area contributed by atoms with Gasteiger partial charge in [-0.2, -0.15) is 58.9 Å². The monoisotopic (exact) mass is 1200 g/mol. The Hall–Kier alpha value is -7.69. The first-order chi connectivity index (χ1) is 38.2. The number of nitrogens with zero attached hydrogens (tertiary/aromatic N) is 13. The molecule has 8 rings (SSSR count). The van der Waals surface area contributed by atoms with Gasteiger partial charge >= 0.3 is 0 Å². The largest absolute Gasteiger partial charge is 0.494 e. The molecule has 80 heavy (non-hydrogen) atoms. The van der Waals surface area contributed by atoms with Crippen molar-refractivity contribution in [2.75, 3.05) is 60.8 Å². The highest BCUT2D eigenvalue weighted by Gasteiger charge is 2.22. The topological polar surface area (TPSA) is 352 Å². The van der Waals surface area contributed by atoms with Gasteiger partial charge in [0.15, 0.2) is 16.8 Å². The Morgan fingerprint density at radius 3 is 1.35 bits per heavy atom. The molecule has 3 aromatic heterocycles. The van der Waals surface area contributed by atoms with Gasteiger partial charge in [0.05, 0.1) is 51.7 Å². The van der Waals surface area contributed by atoms with Crippen molar-refractivity contribution in [1.82, 2.24) is 33.7 Å². The molecule has 3 heterocycles. The van der Waals surface area contributed by atoms with Crippen LogP contribution in [0.2, 0.25) is 0 Å². The fourth-order valence-corrected chi connectivity index (χ4v) is 11.1. The van der Waals surface area contributed by atoms with E-state index in [-0.39, 0.29) is 70.8 Å². The van der Waals surface area contributed by atoms with Gasteiger partial charge in [0.2, 0.25) is 22.2 Å². The molecule has 0 atom stereocenters. The highest BCUT2D eigenvalue weighted by atomic mass is 32.2. The maximum atomic E-state index is 12.1. The lowest BCUT2D eigenvalue weighted by Gasteiger charge is -2.25. The molecular weight excluding hydrogens is 1160 g/mol. The lowest BCUT2D eigenvalue weighted by molar-refractivity contribution is 0.414. The summed E-state index contributed by atoms with van der Waals surface area (Å²) in [5.74, 6) is 1.34. The molecule has 0 saturated heterocycles. The average Bonchev–Trinajstić information content (AvgIpc) is 4.13. The molecule has 0 amide bonds. The Labute approximate surface area is 472 Å². The fourth-order valence-electron chi connectivity index (χ4n) is 7.68. The van der Waals surface area contributed by atoms with E-state index in [0.29, 0.717) is 77.1 Å². The van der Waals surface area contributed by atoms with E-state index in [1.165, 1.54) is 68.8 Å². The third-order valence-electron chi connectivity index (χ3n) is 11.6. The van der Waals surface area contributed by atoms with Crippen molar-refractivity contribution >= 4 is 121 Å². The van der Waals surface area contributed by atoms with E-state index in [1.54, 1.807) is 42.5 Å². The standard InChI is InChI=1S/C48H49N15O11S6/c1-7-62(8-2)38-23-34(36(25-40(38)73-5)56-58-47-51-42(60-76-47)29-15-12-18-32(21-29)79(67,68)69)49-44-53-45(55-46(54-44)75-27-28-14-11-17-31(20-28)78(64,65)66)50-35-24-39(63(9-3)10-4)41(74-6)26-37(35)57-59-48-52-43(61-77-48)30-16-13-19-33(22-30)80(70,71)72/h11-26H,7-10,27H2,1-6H3,(H,64,65,66)(H,67,68,69)(H,70,71,72)(H2,49,50,53,54,55). The van der Waals surface area contributed by atoms with Crippen LogP contribution in [0.3, 0.4) is 0 Å². The van der Waals surface area contributed by atoms with Crippen LogP contribution in [0.15, 0.2) is 137 Å². The second-order valence-electron chi connectivity index (χ2n) is 16.6. The number of methoxy groups -OCH3 is 2. The zero-order chi connectivity index (χ0) is 57.4. The number of hydrogen-bond donors (Lipinski definition) is 5. The van der Waals surface area contributed by atoms with Crippen LogP contribution in [0.1, 0.15) is 33.3 Å².